The fourth-order valence-corrected chi connectivity index (χ4v) is 4.75. The zero-order valence-corrected chi connectivity index (χ0v) is 18.8. The van der Waals surface area contributed by atoms with E-state index in [1.807, 2.05) is 47.5 Å². The lowest BCUT2D eigenvalue weighted by molar-refractivity contribution is -0.138. The first-order valence-electron chi connectivity index (χ1n) is 11.0. The van der Waals surface area contributed by atoms with Gasteiger partial charge in [-0.2, -0.15) is 0 Å². The number of hydrogen-bond acceptors (Lipinski definition) is 3. The number of aromatic amines is 1. The van der Waals surface area contributed by atoms with Crippen molar-refractivity contribution < 1.29 is 9.90 Å². The molecule has 0 saturated carbocycles. The predicted molar refractivity (Wildman–Crippen MR) is 130 cm³/mol. The Kier molecular flexibility index (Phi) is 5.99. The fourth-order valence-electron chi connectivity index (χ4n) is 4.55. The van der Waals surface area contributed by atoms with Crippen molar-refractivity contribution in [2.75, 3.05) is 13.1 Å². The van der Waals surface area contributed by atoms with Gasteiger partial charge in [0.1, 0.15) is 5.82 Å². The second kappa shape index (κ2) is 9.22. The van der Waals surface area contributed by atoms with Crippen LogP contribution in [-0.2, 0) is 24.2 Å². The van der Waals surface area contributed by atoms with Crippen molar-refractivity contribution in [3.8, 4) is 22.6 Å². The van der Waals surface area contributed by atoms with Crippen LogP contribution < -0.4 is 0 Å². The zero-order chi connectivity index (χ0) is 22.8. The second-order valence-electron chi connectivity index (χ2n) is 8.41. The van der Waals surface area contributed by atoms with Gasteiger partial charge in [0.05, 0.1) is 23.5 Å². The lowest BCUT2D eigenvalue weighted by Gasteiger charge is -2.29. The van der Waals surface area contributed by atoms with Crippen LogP contribution in [0, 0.1) is 0 Å². The minimum atomic E-state index is -0.781. The summed E-state index contributed by atoms with van der Waals surface area (Å²) in [6, 6.07) is 22.5. The van der Waals surface area contributed by atoms with E-state index in [1.54, 1.807) is 0 Å². The van der Waals surface area contributed by atoms with E-state index in [1.165, 1.54) is 16.7 Å². The van der Waals surface area contributed by atoms with Crippen molar-refractivity contribution in [2.24, 2.45) is 0 Å². The van der Waals surface area contributed by atoms with Gasteiger partial charge >= 0.3 is 5.97 Å². The molecule has 1 aromatic heterocycles. The average molecular weight is 458 g/mol. The van der Waals surface area contributed by atoms with Gasteiger partial charge in [0.2, 0.25) is 0 Å². The molecule has 0 radical (unpaired) electrons. The van der Waals surface area contributed by atoms with Crippen molar-refractivity contribution in [1.82, 2.24) is 14.9 Å². The molecule has 0 unspecified atom stereocenters. The van der Waals surface area contributed by atoms with Gasteiger partial charge in [0.25, 0.3) is 0 Å². The standard InChI is InChI=1S/C27H24ClN3O2/c28-24-10-9-18(14-23(24)27-29-15-25(30-27)19-5-2-1-3-6-19)13-20-7-4-8-21-16-31(17-26(32)33)12-11-22(20)21/h1-10,14-15H,11-13,16-17H2,(H,29,30)(H,32,33). The molecule has 0 amide bonds. The van der Waals surface area contributed by atoms with E-state index in [9.17, 15) is 4.79 Å². The molecular weight excluding hydrogens is 434 g/mol. The number of halogens is 1. The number of aromatic nitrogens is 2. The predicted octanol–water partition coefficient (Wildman–Crippen LogP) is 5.43. The highest BCUT2D eigenvalue weighted by molar-refractivity contribution is 6.33. The average Bonchev–Trinajstić information content (AvgIpc) is 3.31. The number of fused-ring (bicyclic) bond motifs is 1. The monoisotopic (exact) mass is 457 g/mol. The summed E-state index contributed by atoms with van der Waals surface area (Å²) in [5.74, 6) is -0.0308. The Balaban J connectivity index is 1.40. The number of nitrogens with zero attached hydrogens (tertiary/aromatic N) is 2. The van der Waals surface area contributed by atoms with Crippen LogP contribution in [0.3, 0.4) is 0 Å². The largest absolute Gasteiger partial charge is 0.480 e. The minimum absolute atomic E-state index is 0.0817. The topological polar surface area (TPSA) is 69.2 Å². The quantitative estimate of drug-likeness (QED) is 0.405. The molecule has 0 aliphatic carbocycles. The Morgan fingerprint density at radius 1 is 1.09 bits per heavy atom. The molecule has 5 rings (SSSR count). The van der Waals surface area contributed by atoms with Crippen LogP contribution in [0.4, 0.5) is 0 Å². The maximum absolute atomic E-state index is 11.1. The van der Waals surface area contributed by atoms with Gasteiger partial charge in [-0.1, -0.05) is 66.2 Å². The Bertz CT molecular complexity index is 1300. The number of hydrogen-bond donors (Lipinski definition) is 2. The van der Waals surface area contributed by atoms with Crippen molar-refractivity contribution in [3.63, 3.8) is 0 Å². The van der Waals surface area contributed by atoms with Gasteiger partial charge < -0.3 is 10.1 Å². The Morgan fingerprint density at radius 2 is 1.94 bits per heavy atom. The third-order valence-electron chi connectivity index (χ3n) is 6.14. The number of aliphatic carboxylic acids is 1. The zero-order valence-electron chi connectivity index (χ0n) is 18.1. The molecule has 3 aromatic carbocycles. The van der Waals surface area contributed by atoms with Crippen LogP contribution >= 0.6 is 11.6 Å². The van der Waals surface area contributed by atoms with E-state index in [0.717, 1.165) is 47.6 Å². The van der Waals surface area contributed by atoms with Gasteiger partial charge in [-0.15, -0.1) is 0 Å². The van der Waals surface area contributed by atoms with E-state index < -0.39 is 5.97 Å². The molecular formula is C27H24ClN3O2. The summed E-state index contributed by atoms with van der Waals surface area (Å²) in [6.45, 7) is 1.52. The summed E-state index contributed by atoms with van der Waals surface area (Å²) in [5.41, 5.74) is 7.90. The first-order chi connectivity index (χ1) is 16.1. The molecule has 0 atom stereocenters. The summed E-state index contributed by atoms with van der Waals surface area (Å²) in [6.07, 6.45) is 3.49. The van der Waals surface area contributed by atoms with Gasteiger partial charge in [-0.05, 0) is 52.8 Å². The molecule has 6 heteroatoms. The van der Waals surface area contributed by atoms with Crippen molar-refractivity contribution in [2.45, 2.75) is 19.4 Å². The highest BCUT2D eigenvalue weighted by Crippen LogP contribution is 2.31. The number of carboxylic acids is 1. The number of rotatable bonds is 6. The summed E-state index contributed by atoms with van der Waals surface area (Å²) >= 11 is 6.55. The molecule has 0 fully saturated rings. The molecule has 2 heterocycles. The van der Waals surface area contributed by atoms with Crippen molar-refractivity contribution in [3.05, 3.63) is 100 Å². The number of carbonyl (C=O) groups is 1. The Labute approximate surface area is 197 Å². The smallest absolute Gasteiger partial charge is 0.317 e. The second-order valence-corrected chi connectivity index (χ2v) is 8.82. The molecule has 0 spiro atoms. The summed E-state index contributed by atoms with van der Waals surface area (Å²) in [5, 5.41) is 9.77. The first-order valence-corrected chi connectivity index (χ1v) is 11.4. The molecule has 2 N–H and O–H groups in total. The number of nitrogens with one attached hydrogen (secondary N) is 1. The van der Waals surface area contributed by atoms with Crippen LogP contribution in [0.25, 0.3) is 22.6 Å². The summed E-state index contributed by atoms with van der Waals surface area (Å²) in [7, 11) is 0. The van der Waals surface area contributed by atoms with Gasteiger partial charge in [0.15, 0.2) is 0 Å². The maximum atomic E-state index is 11.1. The third-order valence-corrected chi connectivity index (χ3v) is 6.47. The lowest BCUT2D eigenvalue weighted by Crippen LogP contribution is -2.35. The number of H-pyrrole nitrogens is 1. The maximum Gasteiger partial charge on any atom is 0.317 e. The Hall–Kier alpha value is -3.41. The first kappa shape index (κ1) is 21.4. The molecule has 166 valence electrons. The molecule has 5 nitrogen and oxygen atoms in total. The lowest BCUT2D eigenvalue weighted by atomic mass is 9.91. The van der Waals surface area contributed by atoms with Gasteiger partial charge in [0, 0.05) is 18.7 Å². The van der Waals surface area contributed by atoms with E-state index in [2.05, 4.69) is 40.3 Å². The molecule has 4 aromatic rings. The minimum Gasteiger partial charge on any atom is -0.480 e. The van der Waals surface area contributed by atoms with Crippen LogP contribution in [0.2, 0.25) is 5.02 Å². The van der Waals surface area contributed by atoms with Crippen molar-refractivity contribution >= 4 is 17.6 Å². The van der Waals surface area contributed by atoms with Crippen LogP contribution in [0.15, 0.2) is 72.9 Å². The Morgan fingerprint density at radius 3 is 2.76 bits per heavy atom. The van der Waals surface area contributed by atoms with E-state index in [4.69, 9.17) is 16.7 Å². The summed E-state index contributed by atoms with van der Waals surface area (Å²) < 4.78 is 0. The van der Waals surface area contributed by atoms with Crippen molar-refractivity contribution in [1.29, 1.82) is 0 Å². The third kappa shape index (κ3) is 4.70. The van der Waals surface area contributed by atoms with E-state index in [0.29, 0.717) is 11.6 Å². The molecule has 0 bridgehead atoms. The molecule has 33 heavy (non-hydrogen) atoms. The highest BCUT2D eigenvalue weighted by atomic mass is 35.5. The van der Waals surface area contributed by atoms with Crippen LogP contribution in [0.5, 0.6) is 0 Å². The SMILES string of the molecule is O=C(O)CN1CCc2c(Cc3ccc(Cl)c(-c4ncc(-c5ccccc5)[nH]4)c3)cccc2C1. The molecule has 0 saturated heterocycles. The molecule has 1 aliphatic heterocycles. The van der Waals surface area contributed by atoms with Crippen LogP contribution in [0.1, 0.15) is 22.3 Å². The molecule has 1 aliphatic rings. The van der Waals surface area contributed by atoms with Gasteiger partial charge in [-0.25, -0.2) is 4.98 Å². The number of benzene rings is 3. The van der Waals surface area contributed by atoms with E-state index >= 15 is 0 Å². The normalized spacial score (nSPS) is 13.6. The van der Waals surface area contributed by atoms with E-state index in [-0.39, 0.29) is 6.54 Å². The fraction of sp³-hybridized carbons (Fsp3) is 0.185. The summed E-state index contributed by atoms with van der Waals surface area (Å²) in [4.78, 5) is 21.0. The number of imidazole rings is 1. The highest BCUT2D eigenvalue weighted by Gasteiger charge is 2.20. The van der Waals surface area contributed by atoms with Gasteiger partial charge in [-0.3, -0.25) is 9.69 Å². The van der Waals surface area contributed by atoms with Crippen LogP contribution in [-0.4, -0.2) is 39.0 Å². The number of carboxylic acid groups (broad SMARTS) is 1.